The summed E-state index contributed by atoms with van der Waals surface area (Å²) >= 11 is 1.70. The molecule has 6 heteroatoms. The first kappa shape index (κ1) is 16.5. The highest BCUT2D eigenvalue weighted by atomic mass is 32.1. The van der Waals surface area contributed by atoms with E-state index in [-0.39, 0.29) is 18.1 Å². The molecule has 2 heterocycles. The first-order chi connectivity index (χ1) is 10.6. The van der Waals surface area contributed by atoms with Gasteiger partial charge in [-0.15, -0.1) is 11.3 Å². The summed E-state index contributed by atoms with van der Waals surface area (Å²) in [5.41, 5.74) is 0.847. The Morgan fingerprint density at radius 2 is 2.14 bits per heavy atom. The smallest absolute Gasteiger partial charge is 0.315 e. The van der Waals surface area contributed by atoms with Crippen LogP contribution in [0.3, 0.4) is 0 Å². The molecule has 0 saturated heterocycles. The fourth-order valence-corrected chi connectivity index (χ4v) is 3.08. The van der Waals surface area contributed by atoms with Crippen LogP contribution in [0.2, 0.25) is 0 Å². The maximum atomic E-state index is 12.1. The highest BCUT2D eigenvalue weighted by Crippen LogP contribution is 2.22. The molecule has 0 fully saturated rings. The van der Waals surface area contributed by atoms with Gasteiger partial charge in [-0.1, -0.05) is 12.1 Å². The second-order valence-corrected chi connectivity index (χ2v) is 6.30. The minimum absolute atomic E-state index is 0.124. The molecule has 0 aliphatic carbocycles. The Labute approximate surface area is 135 Å². The summed E-state index contributed by atoms with van der Waals surface area (Å²) in [6, 6.07) is 9.67. The first-order valence-corrected chi connectivity index (χ1v) is 8.11. The zero-order valence-electron chi connectivity index (χ0n) is 13.1. The monoisotopic (exact) mass is 318 g/mol. The predicted octanol–water partition coefficient (Wildman–Crippen LogP) is 2.81. The van der Waals surface area contributed by atoms with Crippen LogP contribution >= 0.6 is 11.3 Å². The van der Waals surface area contributed by atoms with Crippen molar-refractivity contribution in [3.05, 3.63) is 52.5 Å². The standard InChI is InChI=1S/C16H22N4OS/c1-12(13-7-4-5-9-17-13)19-16(21)18-11-14(20(2)3)15-8-6-10-22-15/h4-10,12,14H,11H2,1-3H3,(H2,18,19,21)/t12-,14-/m1/s1. The molecular formula is C16H22N4OS. The van der Waals surface area contributed by atoms with Crippen LogP contribution in [0.1, 0.15) is 29.6 Å². The third-order valence-electron chi connectivity index (χ3n) is 3.43. The van der Waals surface area contributed by atoms with Crippen molar-refractivity contribution in [1.82, 2.24) is 20.5 Å². The van der Waals surface area contributed by atoms with E-state index in [4.69, 9.17) is 0 Å². The zero-order chi connectivity index (χ0) is 15.9. The number of hydrogen-bond acceptors (Lipinski definition) is 4. The van der Waals surface area contributed by atoms with Gasteiger partial charge in [0.15, 0.2) is 0 Å². The molecule has 0 aliphatic rings. The number of carbonyl (C=O) groups excluding carboxylic acids is 1. The number of rotatable bonds is 6. The molecule has 2 amide bonds. The summed E-state index contributed by atoms with van der Waals surface area (Å²) in [6.07, 6.45) is 1.73. The molecule has 0 unspecified atom stereocenters. The Morgan fingerprint density at radius 1 is 1.32 bits per heavy atom. The highest BCUT2D eigenvalue weighted by Gasteiger charge is 2.17. The number of pyridine rings is 1. The summed E-state index contributed by atoms with van der Waals surface area (Å²) < 4.78 is 0. The molecule has 2 atom stereocenters. The molecule has 22 heavy (non-hydrogen) atoms. The molecule has 2 rings (SSSR count). The van der Waals surface area contributed by atoms with Crippen molar-refractivity contribution < 1.29 is 4.79 Å². The van der Waals surface area contributed by atoms with Gasteiger partial charge in [-0.2, -0.15) is 0 Å². The van der Waals surface area contributed by atoms with Crippen LogP contribution in [-0.2, 0) is 0 Å². The molecule has 2 aromatic rings. The van der Waals surface area contributed by atoms with Crippen LogP contribution in [0.5, 0.6) is 0 Å². The lowest BCUT2D eigenvalue weighted by molar-refractivity contribution is 0.230. The molecule has 0 radical (unpaired) electrons. The van der Waals surface area contributed by atoms with E-state index in [2.05, 4.69) is 32.0 Å². The summed E-state index contributed by atoms with van der Waals surface area (Å²) in [7, 11) is 4.03. The average Bonchev–Trinajstić information content (AvgIpc) is 3.02. The van der Waals surface area contributed by atoms with Crippen molar-refractivity contribution in [2.24, 2.45) is 0 Å². The quantitative estimate of drug-likeness (QED) is 0.861. The van der Waals surface area contributed by atoms with Gasteiger partial charge in [-0.3, -0.25) is 4.98 Å². The topological polar surface area (TPSA) is 57.3 Å². The van der Waals surface area contributed by atoms with Gasteiger partial charge in [0, 0.05) is 17.6 Å². The van der Waals surface area contributed by atoms with Crippen molar-refractivity contribution in [3.8, 4) is 0 Å². The van der Waals surface area contributed by atoms with Crippen LogP contribution < -0.4 is 10.6 Å². The lowest BCUT2D eigenvalue weighted by Crippen LogP contribution is -2.41. The molecule has 2 aromatic heterocycles. The molecule has 2 N–H and O–H groups in total. The van der Waals surface area contributed by atoms with Crippen LogP contribution in [0, 0.1) is 0 Å². The number of carbonyl (C=O) groups is 1. The van der Waals surface area contributed by atoms with Crippen LogP contribution in [-0.4, -0.2) is 36.6 Å². The molecule has 0 aromatic carbocycles. The zero-order valence-corrected chi connectivity index (χ0v) is 13.9. The molecule has 0 bridgehead atoms. The van der Waals surface area contributed by atoms with Crippen LogP contribution in [0.25, 0.3) is 0 Å². The van der Waals surface area contributed by atoms with Gasteiger partial charge in [0.05, 0.1) is 17.8 Å². The number of amides is 2. The number of aromatic nitrogens is 1. The minimum atomic E-state index is -0.179. The third kappa shape index (κ3) is 4.54. The second kappa shape index (κ2) is 7.91. The molecule has 118 valence electrons. The van der Waals surface area contributed by atoms with Crippen molar-refractivity contribution in [2.45, 2.75) is 19.0 Å². The largest absolute Gasteiger partial charge is 0.336 e. The SMILES string of the molecule is C[C@@H](NC(=O)NC[C@H](c1cccs1)N(C)C)c1ccccn1. The lowest BCUT2D eigenvalue weighted by atomic mass is 10.2. The van der Waals surface area contributed by atoms with Gasteiger partial charge in [0.2, 0.25) is 0 Å². The van der Waals surface area contributed by atoms with Gasteiger partial charge in [-0.05, 0) is 44.6 Å². The van der Waals surface area contributed by atoms with Gasteiger partial charge in [0.1, 0.15) is 0 Å². The van der Waals surface area contributed by atoms with Gasteiger partial charge < -0.3 is 15.5 Å². The number of nitrogens with zero attached hydrogens (tertiary/aromatic N) is 2. The highest BCUT2D eigenvalue weighted by molar-refractivity contribution is 7.10. The number of urea groups is 1. The number of hydrogen-bond donors (Lipinski definition) is 2. The third-order valence-corrected chi connectivity index (χ3v) is 4.40. The molecule has 0 aliphatic heterocycles. The minimum Gasteiger partial charge on any atom is -0.336 e. The van der Waals surface area contributed by atoms with Crippen molar-refractivity contribution >= 4 is 17.4 Å². The van der Waals surface area contributed by atoms with Gasteiger partial charge in [-0.25, -0.2) is 4.79 Å². The number of thiophene rings is 1. The fourth-order valence-electron chi connectivity index (χ4n) is 2.16. The molecular weight excluding hydrogens is 296 g/mol. The van der Waals surface area contributed by atoms with Crippen molar-refractivity contribution in [1.29, 1.82) is 0 Å². The number of nitrogens with one attached hydrogen (secondary N) is 2. The number of likely N-dealkylation sites (N-methyl/N-ethyl adjacent to an activating group) is 1. The summed E-state index contributed by atoms with van der Waals surface area (Å²) in [5, 5.41) is 7.90. The molecule has 0 spiro atoms. The lowest BCUT2D eigenvalue weighted by Gasteiger charge is -2.24. The van der Waals surface area contributed by atoms with Gasteiger partial charge in [0.25, 0.3) is 0 Å². The summed E-state index contributed by atoms with van der Waals surface area (Å²) in [6.45, 7) is 2.49. The Kier molecular flexibility index (Phi) is 5.91. The summed E-state index contributed by atoms with van der Waals surface area (Å²) in [5.74, 6) is 0. The summed E-state index contributed by atoms with van der Waals surface area (Å²) in [4.78, 5) is 19.6. The average molecular weight is 318 g/mol. The Morgan fingerprint density at radius 3 is 2.73 bits per heavy atom. The Bertz CT molecular complexity index is 571. The van der Waals surface area contributed by atoms with Crippen molar-refractivity contribution in [2.75, 3.05) is 20.6 Å². The maximum Gasteiger partial charge on any atom is 0.315 e. The predicted molar refractivity (Wildman–Crippen MR) is 89.9 cm³/mol. The fraction of sp³-hybridized carbons (Fsp3) is 0.375. The van der Waals surface area contributed by atoms with E-state index in [1.165, 1.54) is 4.88 Å². The van der Waals surface area contributed by atoms with E-state index in [0.717, 1.165) is 5.69 Å². The Hall–Kier alpha value is -1.92. The van der Waals surface area contributed by atoms with Crippen LogP contribution in [0.4, 0.5) is 4.79 Å². The molecule has 5 nitrogen and oxygen atoms in total. The van der Waals surface area contributed by atoms with E-state index in [9.17, 15) is 4.79 Å². The maximum absolute atomic E-state index is 12.1. The van der Waals surface area contributed by atoms with E-state index >= 15 is 0 Å². The second-order valence-electron chi connectivity index (χ2n) is 5.33. The Balaban J connectivity index is 1.86. The molecule has 0 saturated carbocycles. The van der Waals surface area contributed by atoms with E-state index < -0.39 is 0 Å². The first-order valence-electron chi connectivity index (χ1n) is 7.23. The van der Waals surface area contributed by atoms with Gasteiger partial charge >= 0.3 is 6.03 Å². The van der Waals surface area contributed by atoms with E-state index in [1.807, 2.05) is 45.3 Å². The van der Waals surface area contributed by atoms with Crippen molar-refractivity contribution in [3.63, 3.8) is 0 Å². The van der Waals surface area contributed by atoms with E-state index in [0.29, 0.717) is 6.54 Å². The van der Waals surface area contributed by atoms with E-state index in [1.54, 1.807) is 17.5 Å². The normalized spacial score (nSPS) is 13.6. The van der Waals surface area contributed by atoms with Crippen LogP contribution in [0.15, 0.2) is 41.9 Å².